The van der Waals surface area contributed by atoms with Gasteiger partial charge in [-0.15, -0.1) is 0 Å². The van der Waals surface area contributed by atoms with E-state index in [0.717, 1.165) is 4.68 Å². The minimum absolute atomic E-state index is 0.186. The zero-order valence-electron chi connectivity index (χ0n) is 14.1. The van der Waals surface area contributed by atoms with Crippen LogP contribution in [-0.4, -0.2) is 28.8 Å². The van der Waals surface area contributed by atoms with Crippen LogP contribution in [0.25, 0.3) is 0 Å². The molecule has 0 unspecified atom stereocenters. The average molecular weight is 450 g/mol. The van der Waals surface area contributed by atoms with E-state index in [4.69, 9.17) is 16.3 Å². The van der Waals surface area contributed by atoms with Gasteiger partial charge in [0.2, 0.25) is 0 Å². The molecule has 3 rings (SSSR count). The van der Waals surface area contributed by atoms with Crippen LogP contribution in [0.15, 0.2) is 59.2 Å². The van der Waals surface area contributed by atoms with Crippen LogP contribution >= 0.6 is 27.5 Å². The molecule has 0 saturated heterocycles. The minimum Gasteiger partial charge on any atom is -0.497 e. The number of carbonyl (C=O) groups is 2. The molecule has 0 saturated carbocycles. The quantitative estimate of drug-likeness (QED) is 0.608. The molecule has 0 spiro atoms. The van der Waals surface area contributed by atoms with Gasteiger partial charge in [0.1, 0.15) is 5.75 Å². The lowest BCUT2D eigenvalue weighted by molar-refractivity contribution is 0.102. The lowest BCUT2D eigenvalue weighted by atomic mass is 10.2. The van der Waals surface area contributed by atoms with Crippen LogP contribution in [0.3, 0.4) is 0 Å². The summed E-state index contributed by atoms with van der Waals surface area (Å²) in [7, 11) is 1.56. The number of halogens is 2. The standard InChI is InChI=1S/C18H14BrClN4O3/c1-27-12-8-6-11(7-9-12)22-18(26)24-16(14(19)10-21-24)23-17(25)13-4-2-3-5-15(13)20/h2-10H,1H3,(H,22,26)(H,23,25). The molecule has 0 fully saturated rings. The molecule has 7 nitrogen and oxygen atoms in total. The Morgan fingerprint density at radius 3 is 2.48 bits per heavy atom. The van der Waals surface area contributed by atoms with Crippen LogP contribution in [0.2, 0.25) is 5.02 Å². The van der Waals surface area contributed by atoms with Crippen molar-refractivity contribution in [3.63, 3.8) is 0 Å². The fourth-order valence-electron chi connectivity index (χ4n) is 2.27. The Hall–Kier alpha value is -2.84. The number of nitrogens with one attached hydrogen (secondary N) is 2. The Balaban J connectivity index is 1.80. The highest BCUT2D eigenvalue weighted by Gasteiger charge is 2.19. The normalized spacial score (nSPS) is 10.3. The summed E-state index contributed by atoms with van der Waals surface area (Å²) >= 11 is 9.33. The third-order valence-corrected chi connectivity index (χ3v) is 4.52. The summed E-state index contributed by atoms with van der Waals surface area (Å²) in [5.74, 6) is 0.397. The number of nitrogens with zero attached hydrogens (tertiary/aromatic N) is 2. The summed E-state index contributed by atoms with van der Waals surface area (Å²) in [6, 6.07) is 12.9. The number of rotatable bonds is 4. The van der Waals surface area contributed by atoms with Crippen molar-refractivity contribution in [3.05, 3.63) is 69.8 Å². The van der Waals surface area contributed by atoms with Crippen molar-refractivity contribution < 1.29 is 14.3 Å². The second-order valence-electron chi connectivity index (χ2n) is 5.35. The Morgan fingerprint density at radius 1 is 1.11 bits per heavy atom. The smallest absolute Gasteiger partial charge is 0.348 e. The van der Waals surface area contributed by atoms with Gasteiger partial charge < -0.3 is 15.4 Å². The maximum absolute atomic E-state index is 12.5. The molecule has 2 amide bonds. The van der Waals surface area contributed by atoms with Crippen molar-refractivity contribution in [1.29, 1.82) is 0 Å². The average Bonchev–Trinajstić information content (AvgIpc) is 3.03. The first-order chi connectivity index (χ1) is 13.0. The molecule has 0 aliphatic carbocycles. The third-order valence-electron chi connectivity index (χ3n) is 3.61. The van der Waals surface area contributed by atoms with E-state index >= 15 is 0 Å². The molecule has 0 atom stereocenters. The van der Waals surface area contributed by atoms with Crippen LogP contribution in [0.4, 0.5) is 16.3 Å². The predicted molar refractivity (Wildman–Crippen MR) is 107 cm³/mol. The van der Waals surface area contributed by atoms with E-state index in [0.29, 0.717) is 20.9 Å². The Labute approximate surface area is 168 Å². The van der Waals surface area contributed by atoms with Gasteiger partial charge in [-0.05, 0) is 52.3 Å². The number of hydrogen-bond acceptors (Lipinski definition) is 4. The number of carbonyl (C=O) groups excluding carboxylic acids is 2. The number of anilines is 2. The maximum atomic E-state index is 12.5. The molecule has 138 valence electrons. The molecular formula is C18H14BrClN4O3. The molecule has 0 aliphatic rings. The van der Waals surface area contributed by atoms with Gasteiger partial charge in [0.25, 0.3) is 5.91 Å². The summed E-state index contributed by atoms with van der Waals surface area (Å²) in [5.41, 5.74) is 0.838. The second kappa shape index (κ2) is 8.24. The van der Waals surface area contributed by atoms with Crippen LogP contribution in [0.1, 0.15) is 10.4 Å². The number of amides is 2. The lowest BCUT2D eigenvalue weighted by Gasteiger charge is -2.11. The van der Waals surface area contributed by atoms with Crippen LogP contribution < -0.4 is 15.4 Å². The van der Waals surface area contributed by atoms with Gasteiger partial charge in [-0.1, -0.05) is 23.7 Å². The molecule has 9 heteroatoms. The van der Waals surface area contributed by atoms with Crippen LogP contribution in [0, 0.1) is 0 Å². The van der Waals surface area contributed by atoms with E-state index in [1.807, 2.05) is 0 Å². The van der Waals surface area contributed by atoms with Crippen molar-refractivity contribution in [2.24, 2.45) is 0 Å². The fourth-order valence-corrected chi connectivity index (χ4v) is 2.85. The molecule has 3 aromatic rings. The first kappa shape index (κ1) is 18.9. The summed E-state index contributed by atoms with van der Waals surface area (Å²) in [5, 5.41) is 9.65. The van der Waals surface area contributed by atoms with Gasteiger partial charge in [-0.2, -0.15) is 9.78 Å². The van der Waals surface area contributed by atoms with Gasteiger partial charge >= 0.3 is 6.03 Å². The largest absolute Gasteiger partial charge is 0.497 e. The first-order valence-corrected chi connectivity index (χ1v) is 8.91. The summed E-state index contributed by atoms with van der Waals surface area (Å²) in [6.45, 7) is 0. The van der Waals surface area contributed by atoms with E-state index in [2.05, 4.69) is 31.7 Å². The molecule has 2 N–H and O–H groups in total. The summed E-state index contributed by atoms with van der Waals surface area (Å²) in [4.78, 5) is 25.0. The number of hydrogen-bond donors (Lipinski definition) is 2. The van der Waals surface area contributed by atoms with Crippen molar-refractivity contribution in [2.75, 3.05) is 17.7 Å². The Kier molecular flexibility index (Phi) is 5.78. The molecule has 0 aliphatic heterocycles. The highest BCUT2D eigenvalue weighted by molar-refractivity contribution is 9.10. The van der Waals surface area contributed by atoms with E-state index in [9.17, 15) is 9.59 Å². The van der Waals surface area contributed by atoms with Crippen LogP contribution in [-0.2, 0) is 0 Å². The fraction of sp³-hybridized carbons (Fsp3) is 0.0556. The van der Waals surface area contributed by atoms with Crippen molar-refractivity contribution in [2.45, 2.75) is 0 Å². The molecule has 0 radical (unpaired) electrons. The Morgan fingerprint density at radius 2 is 1.81 bits per heavy atom. The summed E-state index contributed by atoms with van der Waals surface area (Å²) in [6.07, 6.45) is 1.41. The molecule has 1 heterocycles. The number of methoxy groups -OCH3 is 1. The highest BCUT2D eigenvalue weighted by atomic mass is 79.9. The Bertz CT molecular complexity index is 989. The predicted octanol–water partition coefficient (Wildman–Crippen LogP) is 4.64. The molecule has 2 aromatic carbocycles. The van der Waals surface area contributed by atoms with Gasteiger partial charge in [-0.3, -0.25) is 4.79 Å². The lowest BCUT2D eigenvalue weighted by Crippen LogP contribution is -2.24. The van der Waals surface area contributed by atoms with Gasteiger partial charge in [0.15, 0.2) is 5.82 Å². The SMILES string of the molecule is COc1ccc(NC(=O)n2ncc(Br)c2NC(=O)c2ccccc2Cl)cc1. The van der Waals surface area contributed by atoms with Crippen molar-refractivity contribution in [1.82, 2.24) is 9.78 Å². The second-order valence-corrected chi connectivity index (χ2v) is 6.61. The zero-order chi connectivity index (χ0) is 19.4. The molecule has 27 heavy (non-hydrogen) atoms. The van der Waals surface area contributed by atoms with E-state index in [1.54, 1.807) is 55.6 Å². The van der Waals surface area contributed by atoms with E-state index in [1.165, 1.54) is 6.20 Å². The number of ether oxygens (including phenoxy) is 1. The summed E-state index contributed by atoms with van der Waals surface area (Å²) < 4.78 is 6.58. The molecule has 0 bridgehead atoms. The number of benzene rings is 2. The molecule has 1 aromatic heterocycles. The first-order valence-electron chi connectivity index (χ1n) is 7.74. The molecular weight excluding hydrogens is 436 g/mol. The van der Waals surface area contributed by atoms with Crippen molar-refractivity contribution >= 4 is 51.0 Å². The van der Waals surface area contributed by atoms with Gasteiger partial charge in [-0.25, -0.2) is 4.79 Å². The monoisotopic (exact) mass is 448 g/mol. The van der Waals surface area contributed by atoms with Gasteiger partial charge in [0, 0.05) is 5.69 Å². The minimum atomic E-state index is -0.541. The zero-order valence-corrected chi connectivity index (χ0v) is 16.4. The highest BCUT2D eigenvalue weighted by Crippen LogP contribution is 2.24. The van der Waals surface area contributed by atoms with E-state index < -0.39 is 11.9 Å². The topological polar surface area (TPSA) is 85.2 Å². The third kappa shape index (κ3) is 4.29. The maximum Gasteiger partial charge on any atom is 0.348 e. The van der Waals surface area contributed by atoms with E-state index in [-0.39, 0.29) is 11.4 Å². The van der Waals surface area contributed by atoms with Crippen LogP contribution in [0.5, 0.6) is 5.75 Å². The van der Waals surface area contributed by atoms with Crippen molar-refractivity contribution in [3.8, 4) is 5.75 Å². The number of aromatic nitrogens is 2. The van der Waals surface area contributed by atoms with Gasteiger partial charge in [0.05, 0.1) is 28.4 Å².